The van der Waals surface area contributed by atoms with Gasteiger partial charge in [0.1, 0.15) is 11.8 Å². The summed E-state index contributed by atoms with van der Waals surface area (Å²) in [6.45, 7) is 1.89. The predicted molar refractivity (Wildman–Crippen MR) is 50.1 cm³/mol. The van der Waals surface area contributed by atoms with Crippen LogP contribution in [0.15, 0.2) is 16.6 Å². The van der Waals surface area contributed by atoms with Gasteiger partial charge in [-0.15, -0.1) is 0 Å². The molecule has 0 bridgehead atoms. The fourth-order valence-corrected chi connectivity index (χ4v) is 1.64. The van der Waals surface area contributed by atoms with E-state index in [9.17, 15) is 0 Å². The summed E-state index contributed by atoms with van der Waals surface area (Å²) in [5.41, 5.74) is 1.58. The van der Waals surface area contributed by atoms with Crippen molar-refractivity contribution in [1.29, 1.82) is 5.26 Å². The SMILES string of the molecule is COc1ccc(C)c(C#N)c1Br. The van der Waals surface area contributed by atoms with E-state index in [2.05, 4.69) is 22.0 Å². The average Bonchev–Trinajstić information content (AvgIpc) is 2.06. The minimum atomic E-state index is 0.634. The van der Waals surface area contributed by atoms with Gasteiger partial charge in [0.2, 0.25) is 0 Å². The summed E-state index contributed by atoms with van der Waals surface area (Å²) in [7, 11) is 1.58. The summed E-state index contributed by atoms with van der Waals surface area (Å²) in [6.07, 6.45) is 0. The molecule has 1 rings (SSSR count). The van der Waals surface area contributed by atoms with E-state index in [1.165, 1.54) is 0 Å². The zero-order valence-corrected chi connectivity index (χ0v) is 8.47. The van der Waals surface area contributed by atoms with Gasteiger partial charge in [-0.25, -0.2) is 0 Å². The van der Waals surface area contributed by atoms with Crippen molar-refractivity contribution in [2.24, 2.45) is 0 Å². The monoisotopic (exact) mass is 225 g/mol. The second kappa shape index (κ2) is 3.59. The molecule has 0 saturated carbocycles. The molecule has 0 aliphatic heterocycles. The lowest BCUT2D eigenvalue weighted by Gasteiger charge is -2.05. The predicted octanol–water partition coefficient (Wildman–Crippen LogP) is 2.64. The molecule has 0 atom stereocenters. The molecule has 0 N–H and O–H groups in total. The molecule has 3 heteroatoms. The van der Waals surface area contributed by atoms with Gasteiger partial charge in [-0.3, -0.25) is 0 Å². The van der Waals surface area contributed by atoms with Crippen molar-refractivity contribution in [2.75, 3.05) is 7.11 Å². The van der Waals surface area contributed by atoms with Gasteiger partial charge in [0.05, 0.1) is 17.1 Å². The molecule has 0 saturated heterocycles. The Morgan fingerprint density at radius 3 is 2.67 bits per heavy atom. The van der Waals surface area contributed by atoms with E-state index in [0.29, 0.717) is 11.3 Å². The largest absolute Gasteiger partial charge is 0.496 e. The second-order valence-corrected chi connectivity index (χ2v) is 3.18. The Labute approximate surface area is 79.9 Å². The zero-order valence-electron chi connectivity index (χ0n) is 6.89. The summed E-state index contributed by atoms with van der Waals surface area (Å²) >= 11 is 3.30. The van der Waals surface area contributed by atoms with Crippen LogP contribution in [-0.2, 0) is 0 Å². The number of hydrogen-bond acceptors (Lipinski definition) is 2. The molecule has 1 aromatic carbocycles. The van der Waals surface area contributed by atoms with E-state index >= 15 is 0 Å². The van der Waals surface area contributed by atoms with Crippen LogP contribution in [0.2, 0.25) is 0 Å². The first kappa shape index (κ1) is 9.08. The maximum absolute atomic E-state index is 8.78. The number of rotatable bonds is 1. The van der Waals surface area contributed by atoms with Crippen LogP contribution in [0.3, 0.4) is 0 Å². The second-order valence-electron chi connectivity index (χ2n) is 2.39. The minimum Gasteiger partial charge on any atom is -0.496 e. The van der Waals surface area contributed by atoms with Crippen molar-refractivity contribution in [3.63, 3.8) is 0 Å². The highest BCUT2D eigenvalue weighted by Gasteiger charge is 2.07. The van der Waals surface area contributed by atoms with Crippen LogP contribution < -0.4 is 4.74 Å². The van der Waals surface area contributed by atoms with Gasteiger partial charge in [-0.2, -0.15) is 5.26 Å². The van der Waals surface area contributed by atoms with E-state index in [1.54, 1.807) is 7.11 Å². The molecule has 0 radical (unpaired) electrons. The Morgan fingerprint density at radius 1 is 1.50 bits per heavy atom. The normalized spacial score (nSPS) is 9.17. The Hall–Kier alpha value is -1.01. The van der Waals surface area contributed by atoms with Crippen molar-refractivity contribution >= 4 is 15.9 Å². The molecular formula is C9H8BrNO. The van der Waals surface area contributed by atoms with E-state index in [0.717, 1.165) is 10.0 Å². The Balaban J connectivity index is 3.36. The maximum atomic E-state index is 8.78. The lowest BCUT2D eigenvalue weighted by molar-refractivity contribution is 0.412. The van der Waals surface area contributed by atoms with Crippen LogP contribution in [0.4, 0.5) is 0 Å². The van der Waals surface area contributed by atoms with Crippen molar-refractivity contribution in [1.82, 2.24) is 0 Å². The first-order valence-corrected chi connectivity index (χ1v) is 4.23. The number of hydrogen-bond donors (Lipinski definition) is 0. The molecule has 1 aromatic rings. The highest BCUT2D eigenvalue weighted by Crippen LogP contribution is 2.29. The standard InChI is InChI=1S/C9H8BrNO/c1-6-3-4-8(12-2)9(10)7(6)5-11/h3-4H,1-2H3. The highest BCUT2D eigenvalue weighted by atomic mass is 79.9. The first-order chi connectivity index (χ1) is 5.70. The average molecular weight is 226 g/mol. The number of benzene rings is 1. The van der Waals surface area contributed by atoms with Gasteiger partial charge in [0.25, 0.3) is 0 Å². The van der Waals surface area contributed by atoms with Crippen LogP contribution in [0, 0.1) is 18.3 Å². The third-order valence-electron chi connectivity index (χ3n) is 1.65. The van der Waals surface area contributed by atoms with Gasteiger partial charge in [0, 0.05) is 0 Å². The Kier molecular flexibility index (Phi) is 2.72. The van der Waals surface area contributed by atoms with Crippen molar-refractivity contribution in [3.8, 4) is 11.8 Å². The Bertz CT molecular complexity index is 341. The lowest BCUT2D eigenvalue weighted by atomic mass is 10.1. The molecule has 0 aliphatic carbocycles. The van der Waals surface area contributed by atoms with Gasteiger partial charge in [0.15, 0.2) is 0 Å². The summed E-state index contributed by atoms with van der Waals surface area (Å²) in [4.78, 5) is 0. The summed E-state index contributed by atoms with van der Waals surface area (Å²) in [6, 6.07) is 5.81. The molecule has 0 aromatic heterocycles. The van der Waals surface area contributed by atoms with E-state index in [1.807, 2.05) is 19.1 Å². The minimum absolute atomic E-state index is 0.634. The summed E-state index contributed by atoms with van der Waals surface area (Å²) in [5.74, 6) is 0.692. The summed E-state index contributed by atoms with van der Waals surface area (Å²) < 4.78 is 5.77. The topological polar surface area (TPSA) is 33.0 Å². The molecule has 12 heavy (non-hydrogen) atoms. The van der Waals surface area contributed by atoms with Crippen LogP contribution in [0.1, 0.15) is 11.1 Å². The lowest BCUT2D eigenvalue weighted by Crippen LogP contribution is -1.89. The third kappa shape index (κ3) is 1.44. The summed E-state index contributed by atoms with van der Waals surface area (Å²) in [5, 5.41) is 8.78. The molecule has 0 aliphatic rings. The van der Waals surface area contributed by atoms with Gasteiger partial charge >= 0.3 is 0 Å². The molecule has 0 spiro atoms. The number of halogens is 1. The van der Waals surface area contributed by atoms with Crippen molar-refractivity contribution in [2.45, 2.75) is 6.92 Å². The van der Waals surface area contributed by atoms with Crippen LogP contribution in [0.25, 0.3) is 0 Å². The fourth-order valence-electron chi connectivity index (χ4n) is 0.948. The van der Waals surface area contributed by atoms with Gasteiger partial charge < -0.3 is 4.74 Å². The third-order valence-corrected chi connectivity index (χ3v) is 2.43. The maximum Gasteiger partial charge on any atom is 0.134 e. The fraction of sp³-hybridized carbons (Fsp3) is 0.222. The molecule has 0 unspecified atom stereocenters. The molecular weight excluding hydrogens is 218 g/mol. The smallest absolute Gasteiger partial charge is 0.134 e. The zero-order chi connectivity index (χ0) is 9.14. The number of methoxy groups -OCH3 is 1. The molecule has 0 fully saturated rings. The molecule has 62 valence electrons. The molecule has 2 nitrogen and oxygen atoms in total. The number of nitriles is 1. The van der Waals surface area contributed by atoms with Gasteiger partial charge in [-0.05, 0) is 34.5 Å². The highest BCUT2D eigenvalue weighted by molar-refractivity contribution is 9.10. The van der Waals surface area contributed by atoms with E-state index in [-0.39, 0.29) is 0 Å². The quantitative estimate of drug-likeness (QED) is 0.737. The number of aryl methyl sites for hydroxylation is 1. The van der Waals surface area contributed by atoms with E-state index < -0.39 is 0 Å². The van der Waals surface area contributed by atoms with Crippen LogP contribution in [-0.4, -0.2) is 7.11 Å². The molecule has 0 heterocycles. The van der Waals surface area contributed by atoms with E-state index in [4.69, 9.17) is 10.00 Å². The van der Waals surface area contributed by atoms with Crippen molar-refractivity contribution in [3.05, 3.63) is 27.7 Å². The van der Waals surface area contributed by atoms with Crippen molar-refractivity contribution < 1.29 is 4.74 Å². The molecule has 0 amide bonds. The first-order valence-electron chi connectivity index (χ1n) is 3.44. The van der Waals surface area contributed by atoms with Crippen LogP contribution in [0.5, 0.6) is 5.75 Å². The Morgan fingerprint density at radius 2 is 2.17 bits per heavy atom. The number of nitrogens with zero attached hydrogens (tertiary/aromatic N) is 1. The van der Waals surface area contributed by atoms with Crippen LogP contribution >= 0.6 is 15.9 Å². The van der Waals surface area contributed by atoms with Gasteiger partial charge in [-0.1, -0.05) is 6.07 Å². The number of ether oxygens (including phenoxy) is 1.